The minimum absolute atomic E-state index is 0.157. The molecule has 0 saturated carbocycles. The first-order valence-electron chi connectivity index (χ1n) is 10.4. The summed E-state index contributed by atoms with van der Waals surface area (Å²) in [4.78, 5) is 31.8. The number of halogens is 1. The first-order valence-corrected chi connectivity index (χ1v) is 10.4. The molecule has 0 spiro atoms. The summed E-state index contributed by atoms with van der Waals surface area (Å²) in [7, 11) is 0. The largest absolute Gasteiger partial charge is 0.340 e. The molecule has 1 aromatic rings. The number of hydrogen-bond acceptors (Lipinski definition) is 3. The van der Waals surface area contributed by atoms with Gasteiger partial charge < -0.3 is 15.1 Å². The Morgan fingerprint density at radius 1 is 0.929 bits per heavy atom. The number of piperidine rings is 2. The van der Waals surface area contributed by atoms with E-state index in [1.54, 1.807) is 23.1 Å². The van der Waals surface area contributed by atoms with Crippen LogP contribution in [0, 0.1) is 11.7 Å². The number of carbonyl (C=O) groups excluding carboxylic acids is 2. The van der Waals surface area contributed by atoms with Crippen molar-refractivity contribution in [2.75, 3.05) is 44.6 Å². The zero-order valence-electron chi connectivity index (χ0n) is 16.3. The quantitative estimate of drug-likeness (QED) is 0.848. The fourth-order valence-corrected chi connectivity index (χ4v) is 4.73. The number of para-hydroxylation sites is 1. The number of urea groups is 1. The van der Waals surface area contributed by atoms with E-state index >= 15 is 0 Å². The van der Waals surface area contributed by atoms with E-state index in [2.05, 4.69) is 10.2 Å². The molecule has 3 aliphatic rings. The van der Waals surface area contributed by atoms with Crippen molar-refractivity contribution in [2.45, 2.75) is 38.1 Å². The third-order valence-electron chi connectivity index (χ3n) is 6.32. The van der Waals surface area contributed by atoms with E-state index < -0.39 is 5.82 Å². The summed E-state index contributed by atoms with van der Waals surface area (Å²) >= 11 is 0. The molecule has 2 unspecified atom stereocenters. The highest BCUT2D eigenvalue weighted by Gasteiger charge is 2.36. The lowest BCUT2D eigenvalue weighted by molar-refractivity contribution is -0.140. The second kappa shape index (κ2) is 8.47. The van der Waals surface area contributed by atoms with Crippen LogP contribution in [0.1, 0.15) is 32.1 Å². The van der Waals surface area contributed by atoms with E-state index in [4.69, 9.17) is 0 Å². The Morgan fingerprint density at radius 2 is 1.79 bits per heavy atom. The number of benzene rings is 1. The molecule has 3 aliphatic heterocycles. The molecule has 152 valence electrons. The van der Waals surface area contributed by atoms with Crippen molar-refractivity contribution in [3.63, 3.8) is 0 Å². The molecule has 0 radical (unpaired) electrons. The third kappa shape index (κ3) is 4.14. The van der Waals surface area contributed by atoms with Gasteiger partial charge in [-0.05, 0) is 44.4 Å². The highest BCUT2D eigenvalue weighted by molar-refractivity contribution is 5.90. The molecule has 3 saturated heterocycles. The molecule has 0 bridgehead atoms. The summed E-state index contributed by atoms with van der Waals surface area (Å²) in [5, 5.41) is 2.64. The standard InChI is InChI=1S/C21H29FN4O2/c22-18-8-1-2-9-19(18)23-21(28)26-11-5-6-16(14-26)20(27)25-13-12-24-10-4-3-7-17(24)15-25/h1-2,8-9,16-17H,3-7,10-15H2,(H,23,28). The van der Waals surface area contributed by atoms with Gasteiger partial charge in [-0.25, -0.2) is 9.18 Å². The molecular formula is C21H29FN4O2. The molecule has 1 aromatic carbocycles. The highest BCUT2D eigenvalue weighted by Crippen LogP contribution is 2.25. The van der Waals surface area contributed by atoms with Crippen LogP contribution in [0.4, 0.5) is 14.9 Å². The van der Waals surface area contributed by atoms with E-state index in [0.717, 1.165) is 39.0 Å². The predicted molar refractivity (Wildman–Crippen MR) is 106 cm³/mol. The zero-order valence-corrected chi connectivity index (χ0v) is 16.3. The smallest absolute Gasteiger partial charge is 0.321 e. The van der Waals surface area contributed by atoms with Gasteiger partial charge in [0, 0.05) is 38.8 Å². The Balaban J connectivity index is 1.34. The maximum atomic E-state index is 13.8. The van der Waals surface area contributed by atoms with Gasteiger partial charge in [0.2, 0.25) is 5.91 Å². The summed E-state index contributed by atoms with van der Waals surface area (Å²) in [6.07, 6.45) is 5.29. The molecule has 3 amide bonds. The topological polar surface area (TPSA) is 55.9 Å². The van der Waals surface area contributed by atoms with Crippen molar-refractivity contribution in [3.05, 3.63) is 30.1 Å². The van der Waals surface area contributed by atoms with Gasteiger partial charge >= 0.3 is 6.03 Å². The van der Waals surface area contributed by atoms with E-state index in [-0.39, 0.29) is 23.5 Å². The van der Waals surface area contributed by atoms with Gasteiger partial charge in [0.05, 0.1) is 11.6 Å². The van der Waals surface area contributed by atoms with Crippen molar-refractivity contribution < 1.29 is 14.0 Å². The Kier molecular flexibility index (Phi) is 5.80. The van der Waals surface area contributed by atoms with Crippen molar-refractivity contribution in [1.82, 2.24) is 14.7 Å². The van der Waals surface area contributed by atoms with Crippen molar-refractivity contribution >= 4 is 17.6 Å². The number of amides is 3. The Bertz CT molecular complexity index is 728. The minimum Gasteiger partial charge on any atom is -0.340 e. The number of anilines is 1. The number of fused-ring (bicyclic) bond motifs is 1. The first-order chi connectivity index (χ1) is 13.6. The van der Waals surface area contributed by atoms with Gasteiger partial charge in [-0.1, -0.05) is 18.6 Å². The van der Waals surface area contributed by atoms with E-state index in [1.165, 1.54) is 25.3 Å². The number of hydrogen-bond donors (Lipinski definition) is 1. The summed E-state index contributed by atoms with van der Waals surface area (Å²) in [5.74, 6) is -0.435. The highest BCUT2D eigenvalue weighted by atomic mass is 19.1. The minimum atomic E-state index is -0.453. The second-order valence-corrected chi connectivity index (χ2v) is 8.16. The van der Waals surface area contributed by atoms with Crippen LogP contribution in [0.3, 0.4) is 0 Å². The fourth-order valence-electron chi connectivity index (χ4n) is 4.73. The monoisotopic (exact) mass is 388 g/mol. The fraction of sp³-hybridized carbons (Fsp3) is 0.619. The van der Waals surface area contributed by atoms with E-state index in [9.17, 15) is 14.0 Å². The molecule has 1 N–H and O–H groups in total. The van der Waals surface area contributed by atoms with Crippen LogP contribution >= 0.6 is 0 Å². The van der Waals surface area contributed by atoms with Gasteiger partial charge in [-0.2, -0.15) is 0 Å². The van der Waals surface area contributed by atoms with Crippen molar-refractivity contribution in [2.24, 2.45) is 5.92 Å². The van der Waals surface area contributed by atoms with Crippen LogP contribution in [0.5, 0.6) is 0 Å². The maximum absolute atomic E-state index is 13.8. The van der Waals surface area contributed by atoms with Crippen LogP contribution in [-0.2, 0) is 4.79 Å². The first kappa shape index (κ1) is 19.2. The number of rotatable bonds is 2. The lowest BCUT2D eigenvalue weighted by Gasteiger charge is -2.45. The van der Waals surface area contributed by atoms with Crippen LogP contribution in [0.15, 0.2) is 24.3 Å². The Labute approximate surface area is 165 Å². The molecule has 3 fully saturated rings. The molecule has 2 atom stereocenters. The molecule has 6 nitrogen and oxygen atoms in total. The number of piperazine rings is 1. The molecular weight excluding hydrogens is 359 g/mol. The zero-order chi connectivity index (χ0) is 19.5. The maximum Gasteiger partial charge on any atom is 0.321 e. The summed E-state index contributed by atoms with van der Waals surface area (Å²) in [5.41, 5.74) is 0.175. The van der Waals surface area contributed by atoms with Crippen LogP contribution in [0.2, 0.25) is 0 Å². The molecule has 7 heteroatoms. The third-order valence-corrected chi connectivity index (χ3v) is 6.32. The molecule has 0 aliphatic carbocycles. The normalized spacial score (nSPS) is 25.9. The Morgan fingerprint density at radius 3 is 2.64 bits per heavy atom. The number of likely N-dealkylation sites (tertiary alicyclic amines) is 1. The van der Waals surface area contributed by atoms with Crippen molar-refractivity contribution in [3.8, 4) is 0 Å². The summed E-state index contributed by atoms with van der Waals surface area (Å²) in [6.45, 7) is 4.72. The summed E-state index contributed by atoms with van der Waals surface area (Å²) < 4.78 is 13.8. The lowest BCUT2D eigenvalue weighted by atomic mass is 9.94. The summed E-state index contributed by atoms with van der Waals surface area (Å²) in [6, 6.07) is 6.31. The van der Waals surface area contributed by atoms with Crippen LogP contribution in [0.25, 0.3) is 0 Å². The molecule has 28 heavy (non-hydrogen) atoms. The average molecular weight is 388 g/mol. The van der Waals surface area contributed by atoms with E-state index in [0.29, 0.717) is 19.1 Å². The van der Waals surface area contributed by atoms with Gasteiger partial charge in [0.25, 0.3) is 0 Å². The van der Waals surface area contributed by atoms with Crippen LogP contribution in [-0.4, -0.2) is 71.9 Å². The average Bonchev–Trinajstić information content (AvgIpc) is 2.74. The predicted octanol–water partition coefficient (Wildman–Crippen LogP) is 2.77. The van der Waals surface area contributed by atoms with Crippen molar-refractivity contribution in [1.29, 1.82) is 0 Å². The van der Waals surface area contributed by atoms with Gasteiger partial charge in [-0.15, -0.1) is 0 Å². The van der Waals surface area contributed by atoms with Crippen LogP contribution < -0.4 is 5.32 Å². The number of nitrogens with one attached hydrogen (secondary N) is 1. The molecule has 3 heterocycles. The lowest BCUT2D eigenvalue weighted by Crippen LogP contribution is -2.58. The molecule has 0 aromatic heterocycles. The Hall–Kier alpha value is -2.15. The molecule has 4 rings (SSSR count). The number of carbonyl (C=O) groups is 2. The second-order valence-electron chi connectivity index (χ2n) is 8.16. The van der Waals surface area contributed by atoms with E-state index in [1.807, 2.05) is 4.90 Å². The van der Waals surface area contributed by atoms with Gasteiger partial charge in [0.1, 0.15) is 5.82 Å². The van der Waals surface area contributed by atoms with Gasteiger partial charge in [0.15, 0.2) is 0 Å². The number of nitrogens with zero attached hydrogens (tertiary/aromatic N) is 3. The SMILES string of the molecule is O=C(Nc1ccccc1F)N1CCCC(C(=O)N2CCN3CCCCC3C2)C1. The van der Waals surface area contributed by atoms with Gasteiger partial charge in [-0.3, -0.25) is 9.69 Å².